The second-order valence-corrected chi connectivity index (χ2v) is 3.20. The highest BCUT2D eigenvalue weighted by Crippen LogP contribution is 2.18. The van der Waals surface area contributed by atoms with Gasteiger partial charge in [0.1, 0.15) is 12.0 Å². The Balaban J connectivity index is 2.66. The number of nitro groups is 1. The van der Waals surface area contributed by atoms with E-state index in [1.807, 2.05) is 12.2 Å². The number of anilines is 1. The van der Waals surface area contributed by atoms with Gasteiger partial charge < -0.3 is 11.1 Å². The van der Waals surface area contributed by atoms with Crippen molar-refractivity contribution in [2.45, 2.75) is 6.92 Å². The summed E-state index contributed by atoms with van der Waals surface area (Å²) in [6.07, 6.45) is 4.95. The third-order valence-electron chi connectivity index (χ3n) is 1.98. The summed E-state index contributed by atoms with van der Waals surface area (Å²) in [6, 6.07) is 1.65. The van der Waals surface area contributed by atoms with E-state index in [9.17, 15) is 10.1 Å². The van der Waals surface area contributed by atoms with Crippen molar-refractivity contribution in [1.82, 2.24) is 4.98 Å². The second-order valence-electron chi connectivity index (χ2n) is 3.20. The van der Waals surface area contributed by atoms with Gasteiger partial charge in [-0.15, -0.1) is 0 Å². The number of pyridine rings is 1. The number of nitrogens with zero attached hydrogens (tertiary/aromatic N) is 2. The molecule has 1 rings (SSSR count). The molecule has 0 spiro atoms. The average molecular weight is 222 g/mol. The summed E-state index contributed by atoms with van der Waals surface area (Å²) in [5.41, 5.74) is 5.90. The van der Waals surface area contributed by atoms with Crippen LogP contribution in [-0.4, -0.2) is 23.0 Å². The number of aromatic nitrogens is 1. The molecule has 0 bridgehead atoms. The van der Waals surface area contributed by atoms with Crippen LogP contribution in [0.4, 0.5) is 11.5 Å². The van der Waals surface area contributed by atoms with Crippen molar-refractivity contribution in [1.29, 1.82) is 0 Å². The predicted octanol–water partition coefficient (Wildman–Crippen LogP) is 1.23. The van der Waals surface area contributed by atoms with Gasteiger partial charge in [0.05, 0.1) is 4.92 Å². The fraction of sp³-hybridized carbons (Fsp3) is 0.300. The van der Waals surface area contributed by atoms with Crippen LogP contribution in [0.25, 0.3) is 0 Å². The molecule has 0 unspecified atom stereocenters. The van der Waals surface area contributed by atoms with Crippen molar-refractivity contribution in [3.8, 4) is 0 Å². The molecule has 3 N–H and O–H groups in total. The number of nitrogens with two attached hydrogens (primary N) is 1. The summed E-state index contributed by atoms with van der Waals surface area (Å²) in [4.78, 5) is 14.0. The molecule has 1 aromatic heterocycles. The Morgan fingerprint density at radius 1 is 1.62 bits per heavy atom. The lowest BCUT2D eigenvalue weighted by Crippen LogP contribution is -2.03. The third-order valence-corrected chi connectivity index (χ3v) is 1.98. The summed E-state index contributed by atoms with van der Waals surface area (Å²) in [6.45, 7) is 2.77. The number of hydrogen-bond acceptors (Lipinski definition) is 5. The van der Waals surface area contributed by atoms with E-state index in [2.05, 4.69) is 10.3 Å². The lowest BCUT2D eigenvalue weighted by atomic mass is 10.2. The molecule has 0 saturated carbocycles. The zero-order valence-corrected chi connectivity index (χ0v) is 9.01. The van der Waals surface area contributed by atoms with Gasteiger partial charge in [-0.2, -0.15) is 0 Å². The summed E-state index contributed by atoms with van der Waals surface area (Å²) >= 11 is 0. The molecule has 16 heavy (non-hydrogen) atoms. The molecule has 6 nitrogen and oxygen atoms in total. The quantitative estimate of drug-likeness (QED) is 0.444. The minimum absolute atomic E-state index is 0.0306. The molecule has 0 aliphatic carbocycles. The first kappa shape index (κ1) is 12.1. The van der Waals surface area contributed by atoms with Gasteiger partial charge in [-0.05, 0) is 13.0 Å². The first-order valence-corrected chi connectivity index (χ1v) is 4.85. The normalized spacial score (nSPS) is 10.6. The van der Waals surface area contributed by atoms with E-state index >= 15 is 0 Å². The van der Waals surface area contributed by atoms with Crippen molar-refractivity contribution in [3.05, 3.63) is 40.1 Å². The van der Waals surface area contributed by atoms with E-state index in [-0.39, 0.29) is 5.69 Å². The molecule has 86 valence electrons. The topological polar surface area (TPSA) is 94.1 Å². The molecule has 6 heteroatoms. The first-order chi connectivity index (χ1) is 7.65. The Bertz CT molecular complexity index is 404. The molecule has 0 radical (unpaired) electrons. The zero-order chi connectivity index (χ0) is 12.0. The standard InChI is InChI=1S/C10H14N4O2/c1-8-6-10(12-5-3-2-4-11)13-7-9(8)14(15)16/h2-3,6-7H,4-5,11H2,1H3,(H,12,13)/b3-2+. The smallest absolute Gasteiger partial charge is 0.290 e. The SMILES string of the molecule is Cc1cc(NC/C=C/CN)ncc1[N+](=O)[O-]. The maximum atomic E-state index is 10.6. The van der Waals surface area contributed by atoms with Gasteiger partial charge in [-0.1, -0.05) is 12.2 Å². The van der Waals surface area contributed by atoms with Crippen LogP contribution in [0.5, 0.6) is 0 Å². The van der Waals surface area contributed by atoms with Crippen molar-refractivity contribution in [3.63, 3.8) is 0 Å². The molecule has 0 saturated heterocycles. The number of aryl methyl sites for hydroxylation is 1. The Morgan fingerprint density at radius 3 is 2.94 bits per heavy atom. The molecule has 1 aromatic rings. The van der Waals surface area contributed by atoms with Crippen LogP contribution >= 0.6 is 0 Å². The lowest BCUT2D eigenvalue weighted by molar-refractivity contribution is -0.385. The van der Waals surface area contributed by atoms with Crippen LogP contribution in [0.3, 0.4) is 0 Å². The lowest BCUT2D eigenvalue weighted by Gasteiger charge is -2.03. The summed E-state index contributed by atoms with van der Waals surface area (Å²) in [7, 11) is 0. The van der Waals surface area contributed by atoms with Crippen molar-refractivity contribution >= 4 is 11.5 Å². The minimum atomic E-state index is -0.444. The van der Waals surface area contributed by atoms with Crippen LogP contribution in [0, 0.1) is 17.0 Å². The van der Waals surface area contributed by atoms with Gasteiger partial charge in [-0.25, -0.2) is 4.98 Å². The minimum Gasteiger partial charge on any atom is -0.367 e. The Kier molecular flexibility index (Phi) is 4.41. The maximum Gasteiger partial charge on any atom is 0.290 e. The van der Waals surface area contributed by atoms with Crippen molar-refractivity contribution in [2.75, 3.05) is 18.4 Å². The average Bonchev–Trinajstić information content (AvgIpc) is 2.24. The van der Waals surface area contributed by atoms with E-state index < -0.39 is 4.92 Å². The number of rotatable bonds is 5. The van der Waals surface area contributed by atoms with Crippen LogP contribution in [0.2, 0.25) is 0 Å². The summed E-state index contributed by atoms with van der Waals surface area (Å²) in [5.74, 6) is 0.616. The Labute approximate surface area is 93.3 Å². The van der Waals surface area contributed by atoms with Gasteiger partial charge in [0.2, 0.25) is 0 Å². The molecular weight excluding hydrogens is 208 g/mol. The molecular formula is C10H14N4O2. The van der Waals surface area contributed by atoms with Crippen LogP contribution in [-0.2, 0) is 0 Å². The fourth-order valence-corrected chi connectivity index (χ4v) is 1.18. The fourth-order valence-electron chi connectivity index (χ4n) is 1.18. The first-order valence-electron chi connectivity index (χ1n) is 4.85. The number of nitrogens with one attached hydrogen (secondary N) is 1. The van der Waals surface area contributed by atoms with Crippen molar-refractivity contribution in [2.24, 2.45) is 5.73 Å². The highest BCUT2D eigenvalue weighted by Gasteiger charge is 2.10. The van der Waals surface area contributed by atoms with Gasteiger partial charge in [0.25, 0.3) is 5.69 Å². The molecule has 0 aliphatic rings. The number of hydrogen-bond donors (Lipinski definition) is 2. The Hall–Kier alpha value is -1.95. The van der Waals surface area contributed by atoms with E-state index in [0.717, 1.165) is 0 Å². The molecule has 0 fully saturated rings. The van der Waals surface area contributed by atoms with Crippen LogP contribution < -0.4 is 11.1 Å². The van der Waals surface area contributed by atoms with Crippen molar-refractivity contribution < 1.29 is 4.92 Å². The van der Waals surface area contributed by atoms with E-state index in [1.165, 1.54) is 6.20 Å². The van der Waals surface area contributed by atoms with Gasteiger partial charge in [-0.3, -0.25) is 10.1 Å². The van der Waals surface area contributed by atoms with E-state index in [1.54, 1.807) is 13.0 Å². The highest BCUT2D eigenvalue weighted by molar-refractivity contribution is 5.47. The summed E-state index contributed by atoms with van der Waals surface area (Å²) in [5, 5.41) is 13.6. The second kappa shape index (κ2) is 5.82. The zero-order valence-electron chi connectivity index (χ0n) is 9.01. The maximum absolute atomic E-state index is 10.6. The molecule has 0 aromatic carbocycles. The third kappa shape index (κ3) is 3.32. The van der Waals surface area contributed by atoms with E-state index in [0.29, 0.717) is 24.5 Å². The van der Waals surface area contributed by atoms with Gasteiger partial charge >= 0.3 is 0 Å². The molecule has 0 atom stereocenters. The van der Waals surface area contributed by atoms with E-state index in [4.69, 9.17) is 5.73 Å². The summed E-state index contributed by atoms with van der Waals surface area (Å²) < 4.78 is 0. The Morgan fingerprint density at radius 2 is 2.38 bits per heavy atom. The largest absolute Gasteiger partial charge is 0.367 e. The predicted molar refractivity (Wildman–Crippen MR) is 62.3 cm³/mol. The van der Waals surface area contributed by atoms with Gasteiger partial charge in [0.15, 0.2) is 0 Å². The molecule has 0 amide bonds. The highest BCUT2D eigenvalue weighted by atomic mass is 16.6. The van der Waals surface area contributed by atoms with Crippen LogP contribution in [0.1, 0.15) is 5.56 Å². The monoisotopic (exact) mass is 222 g/mol. The van der Waals surface area contributed by atoms with Crippen LogP contribution in [0.15, 0.2) is 24.4 Å². The molecule has 0 aliphatic heterocycles. The molecule has 1 heterocycles. The van der Waals surface area contributed by atoms with Gasteiger partial charge in [0, 0.05) is 18.7 Å².